The second-order valence-electron chi connectivity index (χ2n) is 6.84. The number of ketones is 1. The molecular formula is C20H21ClN4O4. The average molecular weight is 417 g/mol. The summed E-state index contributed by atoms with van der Waals surface area (Å²) in [5.74, 6) is -0.195. The van der Waals surface area contributed by atoms with Crippen molar-refractivity contribution in [1.82, 2.24) is 4.90 Å². The molecule has 0 spiro atoms. The van der Waals surface area contributed by atoms with Crippen molar-refractivity contribution in [2.45, 2.75) is 6.92 Å². The Kier molecular flexibility index (Phi) is 6.46. The van der Waals surface area contributed by atoms with Gasteiger partial charge in [0.2, 0.25) is 5.91 Å². The summed E-state index contributed by atoms with van der Waals surface area (Å²) in [4.78, 5) is 38.3. The molecule has 1 fully saturated rings. The lowest BCUT2D eigenvalue weighted by molar-refractivity contribution is -0.384. The maximum absolute atomic E-state index is 12.3. The molecule has 0 unspecified atom stereocenters. The van der Waals surface area contributed by atoms with E-state index >= 15 is 0 Å². The highest BCUT2D eigenvalue weighted by Gasteiger charge is 2.20. The van der Waals surface area contributed by atoms with Crippen molar-refractivity contribution in [3.63, 3.8) is 0 Å². The normalized spacial score (nSPS) is 14.5. The van der Waals surface area contributed by atoms with Gasteiger partial charge in [0.1, 0.15) is 5.02 Å². The number of hydrogen-bond acceptors (Lipinski definition) is 6. The molecule has 0 atom stereocenters. The van der Waals surface area contributed by atoms with Crippen molar-refractivity contribution in [3.05, 3.63) is 63.2 Å². The van der Waals surface area contributed by atoms with Gasteiger partial charge in [0, 0.05) is 49.2 Å². The molecule has 1 aliphatic heterocycles. The van der Waals surface area contributed by atoms with E-state index in [0.717, 1.165) is 18.8 Å². The van der Waals surface area contributed by atoms with Crippen LogP contribution in [0.5, 0.6) is 0 Å². The van der Waals surface area contributed by atoms with Crippen LogP contribution < -0.4 is 10.2 Å². The summed E-state index contributed by atoms with van der Waals surface area (Å²) in [5.41, 5.74) is 1.84. The van der Waals surface area contributed by atoms with Gasteiger partial charge in [0.25, 0.3) is 5.69 Å². The number of hydrogen-bond donors (Lipinski definition) is 1. The number of benzene rings is 2. The molecule has 0 aromatic heterocycles. The quantitative estimate of drug-likeness (QED) is 0.441. The Labute approximate surface area is 173 Å². The minimum Gasteiger partial charge on any atom is -0.369 e. The maximum atomic E-state index is 12.3. The maximum Gasteiger partial charge on any atom is 0.289 e. The number of Topliss-reactive ketones (excluding diaryl/α,β-unsaturated/α-hetero) is 1. The topological polar surface area (TPSA) is 95.8 Å². The molecular weight excluding hydrogens is 396 g/mol. The first kappa shape index (κ1) is 20.8. The minimum atomic E-state index is -0.583. The summed E-state index contributed by atoms with van der Waals surface area (Å²) in [6.45, 7) is 4.69. The van der Waals surface area contributed by atoms with E-state index in [0.29, 0.717) is 24.3 Å². The number of carbonyl (C=O) groups excluding carboxylic acids is 2. The van der Waals surface area contributed by atoms with Crippen molar-refractivity contribution in [2.24, 2.45) is 0 Å². The number of halogens is 1. The summed E-state index contributed by atoms with van der Waals surface area (Å²) < 4.78 is 0. The fourth-order valence-electron chi connectivity index (χ4n) is 3.21. The third-order valence-electron chi connectivity index (χ3n) is 4.81. The lowest BCUT2D eigenvalue weighted by Crippen LogP contribution is -2.48. The molecule has 152 valence electrons. The second-order valence-corrected chi connectivity index (χ2v) is 7.24. The lowest BCUT2D eigenvalue weighted by Gasteiger charge is -2.35. The number of nitrogens with zero attached hydrogens (tertiary/aromatic N) is 3. The molecule has 8 nitrogen and oxygen atoms in total. The molecule has 9 heteroatoms. The SMILES string of the molecule is CC(=O)c1ccc(N2CCN(CC(=O)Nc3ccc(Cl)c([N+](=O)[O-])c3)CC2)cc1. The van der Waals surface area contributed by atoms with Crippen LogP contribution >= 0.6 is 11.6 Å². The van der Waals surface area contributed by atoms with Crippen LogP contribution in [-0.2, 0) is 4.79 Å². The van der Waals surface area contributed by atoms with Crippen LogP contribution in [0.2, 0.25) is 5.02 Å². The lowest BCUT2D eigenvalue weighted by atomic mass is 10.1. The number of nitro benzene ring substituents is 1. The van der Waals surface area contributed by atoms with Crippen molar-refractivity contribution < 1.29 is 14.5 Å². The Balaban J connectivity index is 1.51. The fraction of sp³-hybridized carbons (Fsp3) is 0.300. The van der Waals surface area contributed by atoms with Gasteiger partial charge in [-0.3, -0.25) is 24.6 Å². The Morgan fingerprint density at radius 1 is 1.10 bits per heavy atom. The van der Waals surface area contributed by atoms with E-state index in [1.165, 1.54) is 18.2 Å². The zero-order valence-corrected chi connectivity index (χ0v) is 16.7. The van der Waals surface area contributed by atoms with Crippen LogP contribution in [-0.4, -0.2) is 54.2 Å². The summed E-state index contributed by atoms with van der Waals surface area (Å²) in [6, 6.07) is 11.7. The molecule has 2 aromatic carbocycles. The first-order valence-electron chi connectivity index (χ1n) is 9.15. The smallest absolute Gasteiger partial charge is 0.289 e. The van der Waals surface area contributed by atoms with E-state index in [4.69, 9.17) is 11.6 Å². The van der Waals surface area contributed by atoms with Crippen LogP contribution in [0.15, 0.2) is 42.5 Å². The highest BCUT2D eigenvalue weighted by Crippen LogP contribution is 2.27. The van der Waals surface area contributed by atoms with E-state index in [-0.39, 0.29) is 28.9 Å². The molecule has 0 aliphatic carbocycles. The van der Waals surface area contributed by atoms with Gasteiger partial charge in [-0.25, -0.2) is 0 Å². The minimum absolute atomic E-state index is 0.0282. The van der Waals surface area contributed by atoms with Crippen LogP contribution in [0.3, 0.4) is 0 Å². The Bertz CT molecular complexity index is 925. The Hall–Kier alpha value is -2.97. The van der Waals surface area contributed by atoms with Gasteiger partial charge >= 0.3 is 0 Å². The Morgan fingerprint density at radius 3 is 2.34 bits per heavy atom. The van der Waals surface area contributed by atoms with Crippen molar-refractivity contribution in [1.29, 1.82) is 0 Å². The number of rotatable bonds is 6. The monoisotopic (exact) mass is 416 g/mol. The van der Waals surface area contributed by atoms with Crippen LogP contribution in [0.4, 0.5) is 17.1 Å². The number of carbonyl (C=O) groups is 2. The number of nitrogens with one attached hydrogen (secondary N) is 1. The molecule has 2 aromatic rings. The van der Waals surface area contributed by atoms with Gasteiger partial charge in [-0.1, -0.05) is 11.6 Å². The first-order valence-corrected chi connectivity index (χ1v) is 9.53. The molecule has 1 heterocycles. The van der Waals surface area contributed by atoms with E-state index in [1.807, 2.05) is 29.2 Å². The van der Waals surface area contributed by atoms with Gasteiger partial charge in [-0.05, 0) is 43.3 Å². The third kappa shape index (κ3) is 5.30. The van der Waals surface area contributed by atoms with Crippen LogP contribution in [0.25, 0.3) is 0 Å². The van der Waals surface area contributed by atoms with E-state index in [1.54, 1.807) is 6.92 Å². The molecule has 0 radical (unpaired) electrons. The van der Waals surface area contributed by atoms with Gasteiger partial charge in [-0.15, -0.1) is 0 Å². The largest absolute Gasteiger partial charge is 0.369 e. The van der Waals surface area contributed by atoms with Gasteiger partial charge in [-0.2, -0.15) is 0 Å². The summed E-state index contributed by atoms with van der Waals surface area (Å²) in [6.07, 6.45) is 0. The second kappa shape index (κ2) is 9.02. The molecule has 29 heavy (non-hydrogen) atoms. The molecule has 3 rings (SSSR count). The van der Waals surface area contributed by atoms with Gasteiger partial charge < -0.3 is 10.2 Å². The zero-order valence-electron chi connectivity index (χ0n) is 15.9. The predicted octanol–water partition coefficient (Wildman–Crippen LogP) is 3.21. The van der Waals surface area contributed by atoms with Crippen LogP contribution in [0.1, 0.15) is 17.3 Å². The van der Waals surface area contributed by atoms with Gasteiger partial charge in [0.15, 0.2) is 5.78 Å². The highest BCUT2D eigenvalue weighted by molar-refractivity contribution is 6.32. The number of piperazine rings is 1. The van der Waals surface area contributed by atoms with Crippen molar-refractivity contribution in [3.8, 4) is 0 Å². The molecule has 1 amide bonds. The predicted molar refractivity (Wildman–Crippen MR) is 112 cm³/mol. The summed E-state index contributed by atoms with van der Waals surface area (Å²) in [7, 11) is 0. The van der Waals surface area contributed by atoms with E-state index in [9.17, 15) is 19.7 Å². The van der Waals surface area contributed by atoms with Gasteiger partial charge in [0.05, 0.1) is 11.5 Å². The molecule has 1 saturated heterocycles. The third-order valence-corrected chi connectivity index (χ3v) is 5.12. The van der Waals surface area contributed by atoms with Crippen LogP contribution in [0, 0.1) is 10.1 Å². The zero-order chi connectivity index (χ0) is 21.0. The average Bonchev–Trinajstić information content (AvgIpc) is 2.70. The molecule has 1 N–H and O–H groups in total. The Morgan fingerprint density at radius 2 is 1.76 bits per heavy atom. The number of nitro groups is 1. The molecule has 0 bridgehead atoms. The van der Waals surface area contributed by atoms with E-state index in [2.05, 4.69) is 10.2 Å². The van der Waals surface area contributed by atoms with Crippen molar-refractivity contribution >= 4 is 40.4 Å². The standard InChI is InChI=1S/C20H21ClN4O4/c1-14(26)15-2-5-17(6-3-15)24-10-8-23(9-11-24)13-20(27)22-16-4-7-18(21)19(12-16)25(28)29/h2-7,12H,8-11,13H2,1H3,(H,22,27). The number of amides is 1. The first-order chi connectivity index (χ1) is 13.8. The molecule has 0 saturated carbocycles. The van der Waals surface area contributed by atoms with E-state index < -0.39 is 4.92 Å². The number of anilines is 2. The highest BCUT2D eigenvalue weighted by atomic mass is 35.5. The molecule has 1 aliphatic rings. The summed E-state index contributed by atoms with van der Waals surface area (Å²) in [5, 5.41) is 13.7. The fourth-order valence-corrected chi connectivity index (χ4v) is 3.39. The summed E-state index contributed by atoms with van der Waals surface area (Å²) >= 11 is 5.79. The van der Waals surface area contributed by atoms with Crippen molar-refractivity contribution in [2.75, 3.05) is 42.9 Å².